The average molecular weight is 316 g/mol. The number of para-hydroxylation sites is 1. The van der Waals surface area contributed by atoms with E-state index in [1.165, 1.54) is 23.3 Å². The molecule has 0 saturated heterocycles. The van der Waals surface area contributed by atoms with Crippen molar-refractivity contribution in [2.75, 3.05) is 17.3 Å². The molecule has 5 nitrogen and oxygen atoms in total. The molecule has 2 amide bonds. The fourth-order valence-corrected chi connectivity index (χ4v) is 3.44. The molecule has 1 saturated carbocycles. The second-order valence-corrected chi connectivity index (χ2v) is 6.58. The number of hydrogen-bond donors (Lipinski definition) is 3. The van der Waals surface area contributed by atoms with Gasteiger partial charge in [0.15, 0.2) is 0 Å². The van der Waals surface area contributed by atoms with Crippen LogP contribution >= 0.6 is 11.3 Å². The Morgan fingerprint density at radius 1 is 1.36 bits per heavy atom. The summed E-state index contributed by atoms with van der Waals surface area (Å²) in [5.41, 5.74) is 5.31. The van der Waals surface area contributed by atoms with Crippen molar-refractivity contribution in [1.82, 2.24) is 5.43 Å². The molecule has 0 unspecified atom stereocenters. The number of rotatable bonds is 5. The lowest BCUT2D eigenvalue weighted by Gasteiger charge is -2.25. The number of nitrogens with one attached hydrogen (secondary N) is 2. The summed E-state index contributed by atoms with van der Waals surface area (Å²) in [5.74, 6) is 5.79. The zero-order valence-electron chi connectivity index (χ0n) is 12.5. The molecule has 1 aromatic heterocycles. The van der Waals surface area contributed by atoms with Crippen molar-refractivity contribution in [3.8, 4) is 0 Å². The number of carbonyl (C=O) groups is 1. The first kappa shape index (κ1) is 14.9. The molecule has 0 spiro atoms. The van der Waals surface area contributed by atoms with Gasteiger partial charge in [0.2, 0.25) is 0 Å². The standard InChI is InChI=1S/C16H20N4OS/c1-20(10-12-4-3-9-22-12)15-13(11-7-8-11)5-2-6-14(15)18-16(21)19-17/h2-6,9,11H,7-8,10,17H2,1H3,(H2,18,19,21). The molecule has 2 aromatic rings. The Balaban J connectivity index is 1.92. The summed E-state index contributed by atoms with van der Waals surface area (Å²) in [6.45, 7) is 0.820. The van der Waals surface area contributed by atoms with Crippen LogP contribution in [0.2, 0.25) is 0 Å². The maximum absolute atomic E-state index is 11.6. The van der Waals surface area contributed by atoms with Crippen LogP contribution in [0, 0.1) is 0 Å². The molecule has 1 aliphatic rings. The summed E-state index contributed by atoms with van der Waals surface area (Å²) in [6.07, 6.45) is 2.43. The number of benzene rings is 1. The molecule has 116 valence electrons. The molecular weight excluding hydrogens is 296 g/mol. The molecule has 22 heavy (non-hydrogen) atoms. The molecule has 1 fully saturated rings. The SMILES string of the molecule is CN(Cc1cccs1)c1c(NC(=O)NN)cccc1C1CC1. The molecule has 0 atom stereocenters. The molecule has 1 aliphatic carbocycles. The van der Waals surface area contributed by atoms with Gasteiger partial charge in [0, 0.05) is 11.9 Å². The number of hydrogen-bond acceptors (Lipinski definition) is 4. The molecule has 0 radical (unpaired) electrons. The van der Waals surface area contributed by atoms with Gasteiger partial charge in [0.25, 0.3) is 0 Å². The second-order valence-electron chi connectivity index (χ2n) is 5.55. The highest BCUT2D eigenvalue weighted by atomic mass is 32.1. The van der Waals surface area contributed by atoms with Crippen LogP contribution in [0.3, 0.4) is 0 Å². The summed E-state index contributed by atoms with van der Waals surface area (Å²) >= 11 is 1.74. The first-order chi connectivity index (χ1) is 10.7. The summed E-state index contributed by atoms with van der Waals surface area (Å²) in [6, 6.07) is 9.84. The maximum atomic E-state index is 11.6. The highest BCUT2D eigenvalue weighted by Crippen LogP contribution is 2.46. The lowest BCUT2D eigenvalue weighted by Crippen LogP contribution is -2.35. The monoisotopic (exact) mass is 316 g/mol. The van der Waals surface area contributed by atoms with E-state index in [4.69, 9.17) is 5.84 Å². The zero-order chi connectivity index (χ0) is 15.5. The largest absolute Gasteiger partial charge is 0.368 e. The number of thiophene rings is 1. The highest BCUT2D eigenvalue weighted by Gasteiger charge is 2.28. The molecule has 1 heterocycles. The van der Waals surface area contributed by atoms with Crippen molar-refractivity contribution in [2.24, 2.45) is 5.84 Å². The van der Waals surface area contributed by atoms with Crippen LogP contribution in [0.4, 0.5) is 16.2 Å². The fourth-order valence-electron chi connectivity index (χ4n) is 2.69. The average Bonchev–Trinajstić information content (AvgIpc) is 3.25. The van der Waals surface area contributed by atoms with E-state index in [9.17, 15) is 4.79 Å². The Kier molecular flexibility index (Phi) is 4.31. The third-order valence-electron chi connectivity index (χ3n) is 3.82. The van der Waals surface area contributed by atoms with Gasteiger partial charge < -0.3 is 10.2 Å². The number of carbonyl (C=O) groups excluding carboxylic acids is 1. The van der Waals surface area contributed by atoms with E-state index in [2.05, 4.69) is 46.3 Å². The van der Waals surface area contributed by atoms with Gasteiger partial charge in [0.1, 0.15) is 0 Å². The predicted octanol–water partition coefficient (Wildman–Crippen LogP) is 3.26. The Bertz CT molecular complexity index is 652. The fraction of sp³-hybridized carbons (Fsp3) is 0.312. The van der Waals surface area contributed by atoms with Crippen LogP contribution in [0.1, 0.15) is 29.2 Å². The third kappa shape index (κ3) is 3.23. The first-order valence-corrected chi connectivity index (χ1v) is 8.21. The van der Waals surface area contributed by atoms with Crippen LogP contribution in [0.25, 0.3) is 0 Å². The number of urea groups is 1. The molecule has 3 rings (SSSR count). The van der Waals surface area contributed by atoms with E-state index in [-0.39, 0.29) is 0 Å². The summed E-state index contributed by atoms with van der Waals surface area (Å²) in [4.78, 5) is 15.1. The first-order valence-electron chi connectivity index (χ1n) is 7.33. The van der Waals surface area contributed by atoms with Gasteiger partial charge in [-0.15, -0.1) is 11.3 Å². The lowest BCUT2D eigenvalue weighted by molar-refractivity contribution is 0.252. The van der Waals surface area contributed by atoms with Crippen LogP contribution in [0.5, 0.6) is 0 Å². The summed E-state index contributed by atoms with van der Waals surface area (Å²) in [5, 5.41) is 4.91. The molecule has 0 bridgehead atoms. The van der Waals surface area contributed by atoms with E-state index in [0.717, 1.165) is 17.9 Å². The Labute approximate surface area is 134 Å². The number of nitrogens with zero attached hydrogens (tertiary/aromatic N) is 1. The van der Waals surface area contributed by atoms with Crippen LogP contribution in [-0.4, -0.2) is 13.1 Å². The van der Waals surface area contributed by atoms with Crippen LogP contribution < -0.4 is 21.5 Å². The van der Waals surface area contributed by atoms with Crippen molar-refractivity contribution in [1.29, 1.82) is 0 Å². The van der Waals surface area contributed by atoms with Crippen molar-refractivity contribution in [3.63, 3.8) is 0 Å². The summed E-state index contributed by atoms with van der Waals surface area (Å²) in [7, 11) is 2.06. The number of amides is 2. The molecule has 1 aromatic carbocycles. The van der Waals surface area contributed by atoms with Gasteiger partial charge in [-0.25, -0.2) is 10.6 Å². The van der Waals surface area contributed by atoms with Crippen LogP contribution in [0.15, 0.2) is 35.7 Å². The predicted molar refractivity (Wildman–Crippen MR) is 91.2 cm³/mol. The van der Waals surface area contributed by atoms with E-state index in [0.29, 0.717) is 5.92 Å². The molecule has 4 N–H and O–H groups in total. The lowest BCUT2D eigenvalue weighted by atomic mass is 10.1. The van der Waals surface area contributed by atoms with Gasteiger partial charge >= 0.3 is 6.03 Å². The van der Waals surface area contributed by atoms with Gasteiger partial charge in [0.05, 0.1) is 17.9 Å². The van der Waals surface area contributed by atoms with E-state index < -0.39 is 6.03 Å². The quantitative estimate of drug-likeness (QED) is 0.450. The number of anilines is 2. The molecular formula is C16H20N4OS. The third-order valence-corrected chi connectivity index (χ3v) is 4.68. The molecule has 6 heteroatoms. The normalized spacial score (nSPS) is 13.7. The minimum absolute atomic E-state index is 0.404. The Morgan fingerprint density at radius 3 is 2.82 bits per heavy atom. The van der Waals surface area contributed by atoms with Gasteiger partial charge in [-0.1, -0.05) is 18.2 Å². The number of nitrogens with two attached hydrogens (primary N) is 1. The minimum Gasteiger partial charge on any atom is -0.368 e. The van der Waals surface area contributed by atoms with Crippen molar-refractivity contribution >= 4 is 28.7 Å². The van der Waals surface area contributed by atoms with Gasteiger partial charge in [-0.2, -0.15) is 0 Å². The van der Waals surface area contributed by atoms with Crippen LogP contribution in [-0.2, 0) is 6.54 Å². The topological polar surface area (TPSA) is 70.4 Å². The van der Waals surface area contributed by atoms with Crippen molar-refractivity contribution in [3.05, 3.63) is 46.2 Å². The number of hydrazine groups is 1. The van der Waals surface area contributed by atoms with Crippen molar-refractivity contribution in [2.45, 2.75) is 25.3 Å². The summed E-state index contributed by atoms with van der Waals surface area (Å²) < 4.78 is 0. The smallest absolute Gasteiger partial charge is 0.333 e. The van der Waals surface area contributed by atoms with Gasteiger partial charge in [-0.05, 0) is 41.8 Å². The zero-order valence-corrected chi connectivity index (χ0v) is 13.3. The van der Waals surface area contributed by atoms with Crippen molar-refractivity contribution < 1.29 is 4.79 Å². The Hall–Kier alpha value is -2.05. The highest BCUT2D eigenvalue weighted by molar-refractivity contribution is 7.09. The minimum atomic E-state index is -0.404. The van der Waals surface area contributed by atoms with E-state index >= 15 is 0 Å². The maximum Gasteiger partial charge on any atom is 0.333 e. The van der Waals surface area contributed by atoms with E-state index in [1.54, 1.807) is 11.3 Å². The second kappa shape index (κ2) is 6.37. The Morgan fingerprint density at radius 2 is 2.18 bits per heavy atom. The van der Waals surface area contributed by atoms with E-state index in [1.807, 2.05) is 12.1 Å². The molecule has 0 aliphatic heterocycles. The van der Waals surface area contributed by atoms with Gasteiger partial charge in [-0.3, -0.25) is 5.43 Å².